The van der Waals surface area contributed by atoms with Gasteiger partial charge in [-0.1, -0.05) is 31.9 Å². The summed E-state index contributed by atoms with van der Waals surface area (Å²) in [6.45, 7) is 3.78. The summed E-state index contributed by atoms with van der Waals surface area (Å²) in [5, 5.41) is 0. The van der Waals surface area contributed by atoms with Crippen molar-refractivity contribution in [2.75, 3.05) is 0 Å². The number of unbranched alkanes of at least 4 members (excludes halogenated alkanes) is 2. The Bertz CT molecular complexity index is 114. The molecule has 0 unspecified atom stereocenters. The Morgan fingerprint density at radius 2 is 2.10 bits per heavy atom. The van der Waals surface area contributed by atoms with Gasteiger partial charge >= 0.3 is 0 Å². The number of ketones is 1. The molecule has 10 heavy (non-hydrogen) atoms. The minimum atomic E-state index is 0.243. The zero-order valence-corrected chi connectivity index (χ0v) is 6.89. The molecule has 0 saturated heterocycles. The van der Waals surface area contributed by atoms with Crippen LogP contribution in [0.15, 0.2) is 12.2 Å². The van der Waals surface area contributed by atoms with Gasteiger partial charge in [-0.2, -0.15) is 0 Å². The van der Waals surface area contributed by atoms with Crippen LogP contribution < -0.4 is 0 Å². The van der Waals surface area contributed by atoms with Crippen LogP contribution in [0.2, 0.25) is 0 Å². The van der Waals surface area contributed by atoms with Crippen LogP contribution in [0.25, 0.3) is 0 Å². The van der Waals surface area contributed by atoms with E-state index in [1.165, 1.54) is 12.8 Å². The van der Waals surface area contributed by atoms with Crippen molar-refractivity contribution < 1.29 is 4.79 Å². The van der Waals surface area contributed by atoms with Gasteiger partial charge in [0.1, 0.15) is 5.78 Å². The Morgan fingerprint density at radius 3 is 2.60 bits per heavy atom. The molecule has 0 amide bonds. The highest BCUT2D eigenvalue weighted by Crippen LogP contribution is 1.95. The Balaban J connectivity index is 3.12. The van der Waals surface area contributed by atoms with Crippen molar-refractivity contribution in [2.24, 2.45) is 0 Å². The molecule has 0 bridgehead atoms. The van der Waals surface area contributed by atoms with Gasteiger partial charge in [0.05, 0.1) is 0 Å². The van der Waals surface area contributed by atoms with E-state index in [1.807, 2.05) is 6.08 Å². The fraction of sp³-hybridized carbons (Fsp3) is 0.667. The van der Waals surface area contributed by atoms with Gasteiger partial charge in [0.15, 0.2) is 0 Å². The first-order valence-corrected chi connectivity index (χ1v) is 3.91. The summed E-state index contributed by atoms with van der Waals surface area (Å²) in [6.07, 6.45) is 8.22. The minimum Gasteiger partial charge on any atom is -0.300 e. The standard InChI is InChI=1S/C9H16O/c1-3-4-5-6-7-8-9(2)10/h6-7H,3-5,8H2,1-2H3/b7-6+. The molecule has 0 heterocycles. The number of carbonyl (C=O) groups is 1. The Labute approximate surface area is 63.1 Å². The van der Waals surface area contributed by atoms with Crippen LogP contribution in [0.3, 0.4) is 0 Å². The van der Waals surface area contributed by atoms with Crippen molar-refractivity contribution in [1.29, 1.82) is 0 Å². The van der Waals surface area contributed by atoms with Crippen molar-refractivity contribution in [2.45, 2.75) is 39.5 Å². The monoisotopic (exact) mass is 140 g/mol. The highest BCUT2D eigenvalue weighted by atomic mass is 16.1. The largest absolute Gasteiger partial charge is 0.300 e. The summed E-state index contributed by atoms with van der Waals surface area (Å²) >= 11 is 0. The molecule has 58 valence electrons. The molecule has 0 aromatic rings. The molecule has 0 aromatic carbocycles. The molecule has 0 aliphatic carbocycles. The molecule has 0 N–H and O–H groups in total. The maximum absolute atomic E-state index is 10.4. The number of Topliss-reactive ketones (excluding diaryl/α,β-unsaturated/α-hetero) is 1. The quantitative estimate of drug-likeness (QED) is 0.424. The third-order valence-electron chi connectivity index (χ3n) is 1.30. The van der Waals surface area contributed by atoms with Crippen LogP contribution in [0.1, 0.15) is 39.5 Å². The summed E-state index contributed by atoms with van der Waals surface area (Å²) in [7, 11) is 0. The van der Waals surface area contributed by atoms with Crippen molar-refractivity contribution in [1.82, 2.24) is 0 Å². The summed E-state index contributed by atoms with van der Waals surface area (Å²) in [5.41, 5.74) is 0. The van der Waals surface area contributed by atoms with Crippen LogP contribution in [-0.2, 0) is 4.79 Å². The van der Waals surface area contributed by atoms with Crippen molar-refractivity contribution >= 4 is 5.78 Å². The average Bonchev–Trinajstić information content (AvgIpc) is 1.87. The van der Waals surface area contributed by atoms with E-state index >= 15 is 0 Å². The second-order valence-corrected chi connectivity index (χ2v) is 2.52. The Kier molecular flexibility index (Phi) is 6.14. The Hall–Kier alpha value is -0.590. The van der Waals surface area contributed by atoms with Crippen molar-refractivity contribution in [3.8, 4) is 0 Å². The van der Waals surface area contributed by atoms with E-state index in [-0.39, 0.29) is 5.78 Å². The zero-order valence-electron chi connectivity index (χ0n) is 6.89. The summed E-state index contributed by atoms with van der Waals surface area (Å²) in [4.78, 5) is 10.4. The predicted octanol–water partition coefficient (Wildman–Crippen LogP) is 2.71. The summed E-state index contributed by atoms with van der Waals surface area (Å²) in [5.74, 6) is 0.243. The molecule has 0 aliphatic rings. The SMILES string of the molecule is CCCC/C=C/CC(C)=O. The molecule has 0 aromatic heterocycles. The molecule has 0 atom stereocenters. The van der Waals surface area contributed by atoms with Crippen molar-refractivity contribution in [3.63, 3.8) is 0 Å². The lowest BCUT2D eigenvalue weighted by Crippen LogP contribution is -1.83. The lowest BCUT2D eigenvalue weighted by Gasteiger charge is -1.87. The van der Waals surface area contributed by atoms with E-state index < -0.39 is 0 Å². The van der Waals surface area contributed by atoms with Gasteiger partial charge in [-0.05, 0) is 13.3 Å². The third-order valence-corrected chi connectivity index (χ3v) is 1.30. The molecule has 0 aliphatic heterocycles. The zero-order chi connectivity index (χ0) is 7.82. The van der Waals surface area contributed by atoms with Crippen LogP contribution in [0.4, 0.5) is 0 Å². The second kappa shape index (κ2) is 6.53. The topological polar surface area (TPSA) is 17.1 Å². The fourth-order valence-electron chi connectivity index (χ4n) is 0.689. The van der Waals surface area contributed by atoms with Crippen LogP contribution in [0.5, 0.6) is 0 Å². The first kappa shape index (κ1) is 9.41. The first-order chi connectivity index (χ1) is 4.77. The van der Waals surface area contributed by atoms with Crippen LogP contribution >= 0.6 is 0 Å². The van der Waals surface area contributed by atoms with Gasteiger partial charge in [0, 0.05) is 6.42 Å². The molecular weight excluding hydrogens is 124 g/mol. The smallest absolute Gasteiger partial charge is 0.133 e. The van der Waals surface area contributed by atoms with E-state index in [0.29, 0.717) is 6.42 Å². The third kappa shape index (κ3) is 7.41. The van der Waals surface area contributed by atoms with Crippen LogP contribution in [-0.4, -0.2) is 5.78 Å². The van der Waals surface area contributed by atoms with Crippen molar-refractivity contribution in [3.05, 3.63) is 12.2 Å². The highest BCUT2D eigenvalue weighted by molar-refractivity contribution is 5.76. The van der Waals surface area contributed by atoms with Gasteiger partial charge in [-0.25, -0.2) is 0 Å². The number of rotatable bonds is 5. The molecular formula is C9H16O. The number of carbonyl (C=O) groups excluding carboxylic acids is 1. The van der Waals surface area contributed by atoms with E-state index in [2.05, 4.69) is 13.0 Å². The van der Waals surface area contributed by atoms with Gasteiger partial charge in [-0.3, -0.25) is 4.79 Å². The number of hydrogen-bond donors (Lipinski definition) is 0. The molecule has 0 saturated carbocycles. The number of hydrogen-bond acceptors (Lipinski definition) is 1. The molecule has 0 radical (unpaired) electrons. The van der Waals surface area contributed by atoms with Gasteiger partial charge in [-0.15, -0.1) is 0 Å². The average molecular weight is 140 g/mol. The second-order valence-electron chi connectivity index (χ2n) is 2.52. The number of allylic oxidation sites excluding steroid dienone is 2. The summed E-state index contributed by atoms with van der Waals surface area (Å²) in [6, 6.07) is 0. The van der Waals surface area contributed by atoms with E-state index in [0.717, 1.165) is 6.42 Å². The first-order valence-electron chi connectivity index (χ1n) is 3.91. The molecule has 0 fully saturated rings. The van der Waals surface area contributed by atoms with Gasteiger partial charge in [0.2, 0.25) is 0 Å². The van der Waals surface area contributed by atoms with E-state index in [4.69, 9.17) is 0 Å². The molecule has 0 spiro atoms. The lowest BCUT2D eigenvalue weighted by atomic mass is 10.2. The highest BCUT2D eigenvalue weighted by Gasteiger charge is 1.84. The molecule has 1 nitrogen and oxygen atoms in total. The van der Waals surface area contributed by atoms with Gasteiger partial charge < -0.3 is 0 Å². The summed E-state index contributed by atoms with van der Waals surface area (Å²) < 4.78 is 0. The maximum Gasteiger partial charge on any atom is 0.133 e. The Morgan fingerprint density at radius 1 is 1.40 bits per heavy atom. The minimum absolute atomic E-state index is 0.243. The van der Waals surface area contributed by atoms with E-state index in [9.17, 15) is 4.79 Å². The van der Waals surface area contributed by atoms with E-state index in [1.54, 1.807) is 6.92 Å². The lowest BCUT2D eigenvalue weighted by molar-refractivity contribution is -0.116. The normalized spacial score (nSPS) is 10.6. The van der Waals surface area contributed by atoms with Gasteiger partial charge in [0.25, 0.3) is 0 Å². The van der Waals surface area contributed by atoms with Crippen LogP contribution in [0, 0.1) is 0 Å². The predicted molar refractivity (Wildman–Crippen MR) is 44.0 cm³/mol. The molecule has 0 rings (SSSR count). The molecule has 1 heteroatoms. The fourth-order valence-corrected chi connectivity index (χ4v) is 0.689. The maximum atomic E-state index is 10.4.